The van der Waals surface area contributed by atoms with E-state index in [1.54, 1.807) is 6.07 Å². The first-order valence-corrected chi connectivity index (χ1v) is 7.18. The molecule has 3 aromatic rings. The number of pyridine rings is 1. The summed E-state index contributed by atoms with van der Waals surface area (Å²) in [7, 11) is 0. The van der Waals surface area contributed by atoms with Gasteiger partial charge < -0.3 is 11.5 Å². The van der Waals surface area contributed by atoms with E-state index in [1.165, 1.54) is 23.2 Å². The van der Waals surface area contributed by atoms with Gasteiger partial charge in [-0.25, -0.2) is 4.98 Å². The first-order chi connectivity index (χ1) is 10.1. The van der Waals surface area contributed by atoms with Crippen LogP contribution in [0.2, 0.25) is 0 Å². The second kappa shape index (κ2) is 5.46. The predicted octanol–water partition coefficient (Wildman–Crippen LogP) is 3.07. The van der Waals surface area contributed by atoms with Crippen molar-refractivity contribution in [2.24, 2.45) is 5.73 Å². The van der Waals surface area contributed by atoms with E-state index in [4.69, 9.17) is 11.5 Å². The smallest absolute Gasteiger partial charge is 0.267 e. The zero-order chi connectivity index (χ0) is 14.8. The molecule has 0 atom stereocenters. The Morgan fingerprint density at radius 2 is 1.76 bits per heavy atom. The Labute approximate surface area is 126 Å². The van der Waals surface area contributed by atoms with Crippen LogP contribution in [0.25, 0.3) is 10.8 Å². The lowest BCUT2D eigenvalue weighted by Gasteiger charge is -2.07. The summed E-state index contributed by atoms with van der Waals surface area (Å²) >= 11 is 1.42. The van der Waals surface area contributed by atoms with E-state index in [0.717, 1.165) is 10.3 Å². The quantitative estimate of drug-likeness (QED) is 0.778. The fourth-order valence-corrected chi connectivity index (χ4v) is 2.89. The molecule has 0 radical (unpaired) electrons. The Hall–Kier alpha value is -2.53. The average Bonchev–Trinajstić information content (AvgIpc) is 2.49. The summed E-state index contributed by atoms with van der Waals surface area (Å²) in [6, 6.07) is 17.4. The summed E-state index contributed by atoms with van der Waals surface area (Å²) in [4.78, 5) is 16.4. The number of rotatable bonds is 3. The predicted molar refractivity (Wildman–Crippen MR) is 85.2 cm³/mol. The zero-order valence-electron chi connectivity index (χ0n) is 11.1. The van der Waals surface area contributed by atoms with E-state index >= 15 is 0 Å². The highest BCUT2D eigenvalue weighted by Crippen LogP contribution is 2.32. The molecule has 0 spiro atoms. The molecule has 0 saturated heterocycles. The van der Waals surface area contributed by atoms with Crippen molar-refractivity contribution in [1.82, 2.24) is 4.98 Å². The Morgan fingerprint density at radius 3 is 2.52 bits per heavy atom. The normalized spacial score (nSPS) is 10.7. The van der Waals surface area contributed by atoms with E-state index < -0.39 is 5.91 Å². The largest absolute Gasteiger partial charge is 0.397 e. The second-order valence-electron chi connectivity index (χ2n) is 4.57. The van der Waals surface area contributed by atoms with Crippen LogP contribution in [0.5, 0.6) is 0 Å². The van der Waals surface area contributed by atoms with Crippen LogP contribution in [0.15, 0.2) is 64.5 Å². The molecule has 0 aliphatic carbocycles. The maximum atomic E-state index is 11.2. The lowest BCUT2D eigenvalue weighted by atomic mass is 10.1. The third-order valence-electron chi connectivity index (χ3n) is 3.08. The van der Waals surface area contributed by atoms with Crippen molar-refractivity contribution < 1.29 is 4.79 Å². The molecule has 1 heterocycles. The maximum Gasteiger partial charge on any atom is 0.267 e. The van der Waals surface area contributed by atoms with Crippen LogP contribution < -0.4 is 11.5 Å². The van der Waals surface area contributed by atoms with Crippen molar-refractivity contribution in [1.29, 1.82) is 0 Å². The molecular formula is C16H13N3OS. The minimum atomic E-state index is -0.560. The van der Waals surface area contributed by atoms with Crippen LogP contribution in [-0.2, 0) is 0 Å². The number of anilines is 1. The summed E-state index contributed by atoms with van der Waals surface area (Å²) in [5, 5.41) is 2.90. The topological polar surface area (TPSA) is 82.0 Å². The minimum Gasteiger partial charge on any atom is -0.397 e. The monoisotopic (exact) mass is 295 g/mol. The number of hydrogen-bond donors (Lipinski definition) is 2. The van der Waals surface area contributed by atoms with Gasteiger partial charge in [0.1, 0.15) is 10.7 Å². The highest BCUT2D eigenvalue weighted by atomic mass is 32.2. The number of benzene rings is 2. The van der Waals surface area contributed by atoms with Crippen LogP contribution in [-0.4, -0.2) is 10.9 Å². The Bertz CT molecular complexity index is 833. The SMILES string of the molecule is NC(=O)c1ccc(N)c(Sc2ccc3ccccc3c2)n1. The molecule has 21 heavy (non-hydrogen) atoms. The second-order valence-corrected chi connectivity index (χ2v) is 5.63. The summed E-state index contributed by atoms with van der Waals surface area (Å²) < 4.78 is 0. The molecule has 0 aliphatic rings. The average molecular weight is 295 g/mol. The first-order valence-electron chi connectivity index (χ1n) is 6.36. The molecule has 3 rings (SSSR count). The number of aromatic nitrogens is 1. The van der Waals surface area contributed by atoms with Gasteiger partial charge in [-0.3, -0.25) is 4.79 Å². The molecule has 0 saturated carbocycles. The number of nitrogens with zero attached hydrogens (tertiary/aromatic N) is 1. The van der Waals surface area contributed by atoms with E-state index in [1.807, 2.05) is 24.3 Å². The Morgan fingerprint density at radius 1 is 1.00 bits per heavy atom. The highest BCUT2D eigenvalue weighted by Gasteiger charge is 2.09. The van der Waals surface area contributed by atoms with Gasteiger partial charge in [-0.2, -0.15) is 0 Å². The lowest BCUT2D eigenvalue weighted by Crippen LogP contribution is -2.13. The Balaban J connectivity index is 1.98. The van der Waals surface area contributed by atoms with Gasteiger partial charge in [0, 0.05) is 4.90 Å². The number of nitrogen functional groups attached to an aromatic ring is 1. The summed E-state index contributed by atoms with van der Waals surface area (Å²) in [6.07, 6.45) is 0. The fraction of sp³-hybridized carbons (Fsp3) is 0. The molecule has 104 valence electrons. The van der Waals surface area contributed by atoms with Gasteiger partial charge in [0.15, 0.2) is 0 Å². The third-order valence-corrected chi connectivity index (χ3v) is 4.09. The van der Waals surface area contributed by atoms with Gasteiger partial charge in [-0.05, 0) is 35.0 Å². The van der Waals surface area contributed by atoms with Crippen LogP contribution in [0.1, 0.15) is 10.5 Å². The lowest BCUT2D eigenvalue weighted by molar-refractivity contribution is 0.0995. The minimum absolute atomic E-state index is 0.215. The van der Waals surface area contributed by atoms with Gasteiger partial charge in [-0.1, -0.05) is 42.1 Å². The molecule has 0 fully saturated rings. The van der Waals surface area contributed by atoms with Crippen LogP contribution >= 0.6 is 11.8 Å². The molecular weight excluding hydrogens is 282 g/mol. The third kappa shape index (κ3) is 2.83. The highest BCUT2D eigenvalue weighted by molar-refractivity contribution is 7.99. The van der Waals surface area contributed by atoms with Gasteiger partial charge >= 0.3 is 0 Å². The van der Waals surface area contributed by atoms with Gasteiger partial charge in [-0.15, -0.1) is 0 Å². The van der Waals surface area contributed by atoms with Crippen molar-refractivity contribution in [2.75, 3.05) is 5.73 Å². The van der Waals surface area contributed by atoms with Crippen molar-refractivity contribution in [3.05, 3.63) is 60.3 Å². The number of amides is 1. The fourth-order valence-electron chi connectivity index (χ4n) is 2.01. The molecule has 4 N–H and O–H groups in total. The van der Waals surface area contributed by atoms with E-state index in [-0.39, 0.29) is 5.69 Å². The zero-order valence-corrected chi connectivity index (χ0v) is 11.9. The molecule has 4 nitrogen and oxygen atoms in total. The van der Waals surface area contributed by atoms with E-state index in [9.17, 15) is 4.79 Å². The first kappa shape index (κ1) is 13.5. The van der Waals surface area contributed by atoms with Crippen molar-refractivity contribution in [3.63, 3.8) is 0 Å². The molecule has 2 aromatic carbocycles. The van der Waals surface area contributed by atoms with Crippen LogP contribution in [0.4, 0.5) is 5.69 Å². The molecule has 1 amide bonds. The summed E-state index contributed by atoms with van der Waals surface area (Å²) in [5.41, 5.74) is 11.9. The number of carbonyl (C=O) groups is 1. The van der Waals surface area contributed by atoms with Gasteiger partial charge in [0.2, 0.25) is 0 Å². The number of hydrogen-bond acceptors (Lipinski definition) is 4. The molecule has 0 unspecified atom stereocenters. The molecule has 0 aliphatic heterocycles. The van der Waals surface area contributed by atoms with Crippen LogP contribution in [0, 0.1) is 0 Å². The number of carbonyl (C=O) groups excluding carboxylic acids is 1. The molecule has 0 bridgehead atoms. The van der Waals surface area contributed by atoms with Gasteiger partial charge in [0.05, 0.1) is 5.69 Å². The Kier molecular flexibility index (Phi) is 3.50. The van der Waals surface area contributed by atoms with Crippen LogP contribution in [0.3, 0.4) is 0 Å². The van der Waals surface area contributed by atoms with E-state index in [2.05, 4.69) is 23.2 Å². The number of primary amides is 1. The molecule has 5 heteroatoms. The number of fused-ring (bicyclic) bond motifs is 1. The van der Waals surface area contributed by atoms with Crippen molar-refractivity contribution in [3.8, 4) is 0 Å². The molecule has 1 aromatic heterocycles. The standard InChI is InChI=1S/C16H13N3OS/c17-13-7-8-14(15(18)20)19-16(13)21-12-6-5-10-3-1-2-4-11(10)9-12/h1-9H,17H2,(H2,18,20). The van der Waals surface area contributed by atoms with Crippen molar-refractivity contribution >= 4 is 34.1 Å². The van der Waals surface area contributed by atoms with Gasteiger partial charge in [0.25, 0.3) is 5.91 Å². The summed E-state index contributed by atoms with van der Waals surface area (Å²) in [6.45, 7) is 0. The number of nitrogens with two attached hydrogens (primary N) is 2. The van der Waals surface area contributed by atoms with E-state index in [0.29, 0.717) is 10.7 Å². The maximum absolute atomic E-state index is 11.2. The van der Waals surface area contributed by atoms with Crippen molar-refractivity contribution in [2.45, 2.75) is 9.92 Å². The summed E-state index contributed by atoms with van der Waals surface area (Å²) in [5.74, 6) is -0.560.